The fourth-order valence-corrected chi connectivity index (χ4v) is 4.61. The minimum Gasteiger partial charge on any atom is -0.363 e. The van der Waals surface area contributed by atoms with Crippen LogP contribution in [0.25, 0.3) is 0 Å². The van der Waals surface area contributed by atoms with Gasteiger partial charge in [0, 0.05) is 17.8 Å². The highest BCUT2D eigenvalue weighted by molar-refractivity contribution is 6.38. The third-order valence-electron chi connectivity index (χ3n) is 6.69. The normalized spacial score (nSPS) is 24.3. The second-order valence-corrected chi connectivity index (χ2v) is 9.03. The van der Waals surface area contributed by atoms with Crippen LogP contribution in [-0.2, 0) is 19.2 Å². The maximum absolute atomic E-state index is 13.1. The molecule has 0 spiro atoms. The van der Waals surface area contributed by atoms with E-state index in [4.69, 9.17) is 5.73 Å². The Hall–Kier alpha value is -1.72. The molecule has 0 aliphatic heterocycles. The molecule has 1 atom stereocenters. The number of carbonyl (C=O) groups is 4. The van der Waals surface area contributed by atoms with Crippen molar-refractivity contribution in [1.82, 2.24) is 5.32 Å². The molecule has 6 heteroatoms. The highest BCUT2D eigenvalue weighted by atomic mass is 16.2. The molecule has 0 unspecified atom stereocenters. The fraction of sp³-hybridized carbons (Fsp3) is 0.800. The first-order valence-electron chi connectivity index (χ1n) is 9.92. The first-order valence-corrected chi connectivity index (χ1v) is 9.92. The zero-order valence-electron chi connectivity index (χ0n) is 15.6. The van der Waals surface area contributed by atoms with Gasteiger partial charge in [-0.1, -0.05) is 26.2 Å². The molecular formula is C20H30N2O4. The molecule has 0 aromatic heterocycles. The van der Waals surface area contributed by atoms with Crippen LogP contribution >= 0.6 is 0 Å². The van der Waals surface area contributed by atoms with E-state index in [1.807, 2.05) is 0 Å². The summed E-state index contributed by atoms with van der Waals surface area (Å²) in [6.07, 6.45) is 8.69. The summed E-state index contributed by atoms with van der Waals surface area (Å²) >= 11 is 0. The Morgan fingerprint density at radius 3 is 2.12 bits per heavy atom. The monoisotopic (exact) mass is 362 g/mol. The Labute approximate surface area is 154 Å². The number of ketones is 2. The zero-order valence-corrected chi connectivity index (χ0v) is 15.6. The van der Waals surface area contributed by atoms with Crippen molar-refractivity contribution in [3.63, 3.8) is 0 Å². The Kier molecular flexibility index (Phi) is 5.22. The van der Waals surface area contributed by atoms with Crippen molar-refractivity contribution in [1.29, 1.82) is 0 Å². The Bertz CT molecular complexity index is 613. The third-order valence-corrected chi connectivity index (χ3v) is 6.69. The molecule has 3 aliphatic carbocycles. The van der Waals surface area contributed by atoms with Crippen LogP contribution in [0.4, 0.5) is 0 Å². The summed E-state index contributed by atoms with van der Waals surface area (Å²) in [6.45, 7) is 2.18. The lowest BCUT2D eigenvalue weighted by atomic mass is 9.62. The molecule has 0 heterocycles. The summed E-state index contributed by atoms with van der Waals surface area (Å²) in [6, 6.07) is -0.565. The summed E-state index contributed by atoms with van der Waals surface area (Å²) in [4.78, 5) is 49.0. The van der Waals surface area contributed by atoms with Crippen LogP contribution in [0.2, 0.25) is 0 Å². The number of amides is 2. The highest BCUT2D eigenvalue weighted by Crippen LogP contribution is 2.46. The van der Waals surface area contributed by atoms with Crippen molar-refractivity contribution >= 4 is 23.4 Å². The van der Waals surface area contributed by atoms with Gasteiger partial charge in [-0.2, -0.15) is 0 Å². The summed E-state index contributed by atoms with van der Waals surface area (Å²) in [7, 11) is 0. The summed E-state index contributed by atoms with van der Waals surface area (Å²) in [5, 5.41) is 2.95. The fourth-order valence-electron chi connectivity index (χ4n) is 4.61. The van der Waals surface area contributed by atoms with Gasteiger partial charge >= 0.3 is 0 Å². The van der Waals surface area contributed by atoms with Gasteiger partial charge in [-0.25, -0.2) is 0 Å². The molecule has 3 aliphatic rings. The van der Waals surface area contributed by atoms with Gasteiger partial charge < -0.3 is 11.1 Å². The quantitative estimate of drug-likeness (QED) is 0.612. The molecule has 26 heavy (non-hydrogen) atoms. The number of rotatable bonds is 9. The van der Waals surface area contributed by atoms with Gasteiger partial charge in [0.1, 0.15) is 0 Å². The highest BCUT2D eigenvalue weighted by Gasteiger charge is 2.49. The molecule has 3 fully saturated rings. The first kappa shape index (κ1) is 19.1. The lowest BCUT2D eigenvalue weighted by Gasteiger charge is -2.40. The number of carbonyl (C=O) groups excluding carboxylic acids is 4. The second-order valence-electron chi connectivity index (χ2n) is 9.03. The van der Waals surface area contributed by atoms with Crippen LogP contribution in [0.5, 0.6) is 0 Å². The number of Topliss-reactive ketones (excluding diaryl/α,β-unsaturated/α-hetero) is 2. The molecule has 0 aromatic carbocycles. The van der Waals surface area contributed by atoms with Crippen molar-refractivity contribution in [2.75, 3.05) is 0 Å². The summed E-state index contributed by atoms with van der Waals surface area (Å²) < 4.78 is 0. The average molecular weight is 362 g/mol. The van der Waals surface area contributed by atoms with Gasteiger partial charge in [0.2, 0.25) is 11.7 Å². The minimum absolute atomic E-state index is 0.0144. The van der Waals surface area contributed by atoms with E-state index < -0.39 is 23.1 Å². The van der Waals surface area contributed by atoms with E-state index in [0.29, 0.717) is 19.3 Å². The molecule has 0 bridgehead atoms. The molecule has 3 N–H and O–H groups in total. The molecule has 0 aromatic rings. The maximum Gasteiger partial charge on any atom is 0.285 e. The average Bonchev–Trinajstić information content (AvgIpc) is 3.32. The maximum atomic E-state index is 13.1. The standard InChI is InChI=1S/C20H30N2O4/c1-19(7-2-3-8-19)11-14(22-18(26)13-5-6-13)15(23)12-20(9-4-10-20)16(24)17(21)25/h13-14H,2-12H2,1H3,(H2,21,25)(H,22,26)/t14-/m0/s1. The molecule has 2 amide bonds. The number of nitrogens with two attached hydrogens (primary N) is 1. The van der Waals surface area contributed by atoms with Crippen LogP contribution in [0.15, 0.2) is 0 Å². The van der Waals surface area contributed by atoms with Crippen LogP contribution in [-0.4, -0.2) is 29.4 Å². The van der Waals surface area contributed by atoms with Crippen LogP contribution in [0, 0.1) is 16.7 Å². The van der Waals surface area contributed by atoms with Crippen molar-refractivity contribution in [3.05, 3.63) is 0 Å². The Morgan fingerprint density at radius 1 is 1.04 bits per heavy atom. The molecule has 3 saturated carbocycles. The van der Waals surface area contributed by atoms with Crippen molar-refractivity contribution < 1.29 is 19.2 Å². The first-order chi connectivity index (χ1) is 12.2. The summed E-state index contributed by atoms with van der Waals surface area (Å²) in [5.74, 6) is -1.72. The van der Waals surface area contributed by atoms with Crippen molar-refractivity contribution in [3.8, 4) is 0 Å². The van der Waals surface area contributed by atoms with Gasteiger partial charge in [-0.05, 0) is 50.4 Å². The van der Waals surface area contributed by atoms with E-state index in [2.05, 4.69) is 12.2 Å². The zero-order chi connectivity index (χ0) is 18.9. The van der Waals surface area contributed by atoms with Gasteiger partial charge in [0.05, 0.1) is 6.04 Å². The molecule has 6 nitrogen and oxygen atoms in total. The third kappa shape index (κ3) is 3.99. The van der Waals surface area contributed by atoms with E-state index in [9.17, 15) is 19.2 Å². The van der Waals surface area contributed by atoms with E-state index in [-0.39, 0.29) is 29.4 Å². The number of hydrogen-bond donors (Lipinski definition) is 2. The predicted octanol–water partition coefficient (Wildman–Crippen LogP) is 2.04. The largest absolute Gasteiger partial charge is 0.363 e. The number of primary amides is 1. The minimum atomic E-state index is -0.959. The topological polar surface area (TPSA) is 106 Å². The predicted molar refractivity (Wildman–Crippen MR) is 96.0 cm³/mol. The van der Waals surface area contributed by atoms with Crippen LogP contribution < -0.4 is 11.1 Å². The van der Waals surface area contributed by atoms with E-state index in [0.717, 1.165) is 44.9 Å². The second kappa shape index (κ2) is 7.12. The molecule has 144 valence electrons. The lowest BCUT2D eigenvalue weighted by molar-refractivity contribution is -0.148. The molecule has 3 rings (SSSR count). The summed E-state index contributed by atoms with van der Waals surface area (Å²) in [5.41, 5.74) is 4.32. The van der Waals surface area contributed by atoms with Gasteiger partial charge in [-0.15, -0.1) is 0 Å². The van der Waals surface area contributed by atoms with Crippen molar-refractivity contribution in [2.45, 2.75) is 83.6 Å². The molecule has 0 radical (unpaired) electrons. The van der Waals surface area contributed by atoms with E-state index in [1.165, 1.54) is 0 Å². The van der Waals surface area contributed by atoms with Crippen LogP contribution in [0.3, 0.4) is 0 Å². The Balaban J connectivity index is 1.71. The van der Waals surface area contributed by atoms with Crippen molar-refractivity contribution in [2.24, 2.45) is 22.5 Å². The molecular weight excluding hydrogens is 332 g/mol. The van der Waals surface area contributed by atoms with Crippen LogP contribution in [0.1, 0.15) is 77.6 Å². The number of hydrogen-bond acceptors (Lipinski definition) is 4. The van der Waals surface area contributed by atoms with Gasteiger partial charge in [-0.3, -0.25) is 19.2 Å². The lowest BCUT2D eigenvalue weighted by Crippen LogP contribution is -2.50. The smallest absolute Gasteiger partial charge is 0.285 e. The number of nitrogens with one attached hydrogen (secondary N) is 1. The van der Waals surface area contributed by atoms with E-state index >= 15 is 0 Å². The van der Waals surface area contributed by atoms with E-state index in [1.54, 1.807) is 0 Å². The Morgan fingerprint density at radius 2 is 1.65 bits per heavy atom. The van der Waals surface area contributed by atoms with Gasteiger partial charge in [0.15, 0.2) is 5.78 Å². The molecule has 0 saturated heterocycles. The van der Waals surface area contributed by atoms with Gasteiger partial charge in [0.25, 0.3) is 5.91 Å². The SMILES string of the molecule is CC1(C[C@H](NC(=O)C2CC2)C(=O)CC2(C(=O)C(N)=O)CCC2)CCCC1.